The number of carbonyl (C=O) groups excluding carboxylic acids is 2. The van der Waals surface area contributed by atoms with Gasteiger partial charge < -0.3 is 19.5 Å². The average Bonchev–Trinajstić information content (AvgIpc) is 3.09. The predicted octanol–water partition coefficient (Wildman–Crippen LogP) is 5.05. The van der Waals surface area contributed by atoms with Crippen molar-refractivity contribution in [3.63, 3.8) is 0 Å². The van der Waals surface area contributed by atoms with E-state index in [1.54, 1.807) is 61.7 Å². The summed E-state index contributed by atoms with van der Waals surface area (Å²) in [4.78, 5) is 27.2. The molecule has 1 fully saturated rings. The number of rotatable bonds is 9. The van der Waals surface area contributed by atoms with Crippen LogP contribution in [0.3, 0.4) is 0 Å². The summed E-state index contributed by atoms with van der Waals surface area (Å²) in [5.74, 6) is 0.292. The summed E-state index contributed by atoms with van der Waals surface area (Å²) in [6.45, 7) is 0.789. The molecule has 35 heavy (non-hydrogen) atoms. The van der Waals surface area contributed by atoms with E-state index >= 15 is 0 Å². The molecule has 0 aromatic heterocycles. The fourth-order valence-electron chi connectivity index (χ4n) is 2.93. The number of carbonyl (C=O) groups is 2. The Bertz CT molecular complexity index is 1110. The topological polar surface area (TPSA) is 77.1 Å². The van der Waals surface area contributed by atoms with Gasteiger partial charge in [-0.15, -0.1) is 0 Å². The predicted molar refractivity (Wildman–Crippen MR) is 143 cm³/mol. The highest BCUT2D eigenvalue weighted by atomic mass is 35.6. The van der Waals surface area contributed by atoms with Crippen molar-refractivity contribution in [3.8, 4) is 11.5 Å². The molecule has 0 radical (unpaired) electrons. The first-order valence-electron chi connectivity index (χ1n) is 10.1. The summed E-state index contributed by atoms with van der Waals surface area (Å²) in [5, 5.41) is 2.58. The molecule has 12 heteroatoms. The Morgan fingerprint density at radius 1 is 1.11 bits per heavy atom. The van der Waals surface area contributed by atoms with Crippen molar-refractivity contribution in [2.75, 3.05) is 27.4 Å². The van der Waals surface area contributed by atoms with Crippen molar-refractivity contribution >= 4 is 81.0 Å². The van der Waals surface area contributed by atoms with Crippen LogP contribution >= 0.6 is 58.8 Å². The van der Waals surface area contributed by atoms with E-state index in [2.05, 4.69) is 5.32 Å². The largest absolute Gasteiger partial charge is 0.497 e. The van der Waals surface area contributed by atoms with Crippen LogP contribution in [0.4, 0.5) is 0 Å². The van der Waals surface area contributed by atoms with Crippen molar-refractivity contribution < 1.29 is 23.8 Å². The number of amides is 2. The number of thioether (sulfide) groups is 1. The van der Waals surface area contributed by atoms with Gasteiger partial charge in [-0.3, -0.25) is 14.5 Å². The van der Waals surface area contributed by atoms with Gasteiger partial charge in [0.25, 0.3) is 11.8 Å². The minimum atomic E-state index is -1.95. The molecule has 1 N–H and O–H groups in total. The van der Waals surface area contributed by atoms with Gasteiger partial charge in [-0.05, 0) is 48.0 Å². The molecule has 1 aliphatic rings. The molecule has 2 amide bonds. The lowest BCUT2D eigenvalue weighted by Crippen LogP contribution is -2.47. The van der Waals surface area contributed by atoms with Crippen molar-refractivity contribution in [1.82, 2.24) is 10.2 Å². The Kier molecular flexibility index (Phi) is 9.69. The third-order valence-corrected chi connectivity index (χ3v) is 6.71. The van der Waals surface area contributed by atoms with Crippen molar-refractivity contribution in [2.45, 2.75) is 10.0 Å². The van der Waals surface area contributed by atoms with Crippen LogP contribution in [0.5, 0.6) is 11.5 Å². The molecule has 1 saturated heterocycles. The third-order valence-electron chi connectivity index (χ3n) is 4.74. The van der Waals surface area contributed by atoms with Gasteiger partial charge >= 0.3 is 0 Å². The molecule has 2 aromatic rings. The van der Waals surface area contributed by atoms with Crippen LogP contribution in [0.15, 0.2) is 53.4 Å². The lowest BCUT2D eigenvalue weighted by Gasteiger charge is -2.26. The van der Waals surface area contributed by atoms with Gasteiger partial charge in [0.2, 0.25) is 10.0 Å². The lowest BCUT2D eigenvalue weighted by atomic mass is 10.2. The van der Waals surface area contributed by atoms with Gasteiger partial charge in [0, 0.05) is 12.7 Å². The van der Waals surface area contributed by atoms with E-state index in [-0.39, 0.29) is 5.91 Å². The van der Waals surface area contributed by atoms with Gasteiger partial charge in [0.15, 0.2) is 0 Å². The standard InChI is InChI=1S/C23H21Cl3N2O5S2/c1-31-12-11-28-20(30)18(35-22(28)34)13-14-3-7-17(8-4-14)33-21(23(24,25)26)27-19(29)15-5-9-16(32-2)10-6-15/h3-10,13,21H,11-12H2,1-2H3,(H,27,29)/b18-13-/t21-/m1/s1. The van der Waals surface area contributed by atoms with E-state index in [0.29, 0.717) is 39.4 Å². The zero-order valence-corrected chi connectivity index (χ0v) is 22.5. The second-order valence-corrected chi connectivity index (χ2v) is 11.2. The van der Waals surface area contributed by atoms with E-state index in [1.807, 2.05) is 0 Å². The first-order valence-corrected chi connectivity index (χ1v) is 12.5. The minimum absolute atomic E-state index is 0.171. The molecule has 0 aliphatic carbocycles. The monoisotopic (exact) mass is 574 g/mol. The smallest absolute Gasteiger partial charge is 0.266 e. The average molecular weight is 576 g/mol. The van der Waals surface area contributed by atoms with Gasteiger partial charge in [-0.2, -0.15) is 0 Å². The second kappa shape index (κ2) is 12.3. The Hall–Kier alpha value is -2.01. The molecule has 186 valence electrons. The maximum Gasteiger partial charge on any atom is 0.266 e. The zero-order valence-electron chi connectivity index (χ0n) is 18.6. The number of thiocarbonyl (C=S) groups is 1. The quantitative estimate of drug-likeness (QED) is 0.194. The van der Waals surface area contributed by atoms with Gasteiger partial charge in [0.1, 0.15) is 15.8 Å². The summed E-state index contributed by atoms with van der Waals surface area (Å²) in [6.07, 6.45) is 0.457. The molecule has 0 bridgehead atoms. The van der Waals surface area contributed by atoms with E-state index < -0.39 is 15.9 Å². The van der Waals surface area contributed by atoms with E-state index in [0.717, 1.165) is 5.56 Å². The van der Waals surface area contributed by atoms with Crippen LogP contribution in [0.25, 0.3) is 6.08 Å². The van der Waals surface area contributed by atoms with E-state index in [4.69, 9.17) is 61.2 Å². The van der Waals surface area contributed by atoms with E-state index in [1.165, 1.54) is 23.8 Å². The van der Waals surface area contributed by atoms with Gasteiger partial charge in [0.05, 0.1) is 25.2 Å². The maximum absolute atomic E-state index is 12.6. The molecule has 7 nitrogen and oxygen atoms in total. The number of ether oxygens (including phenoxy) is 3. The molecular formula is C23H21Cl3N2O5S2. The second-order valence-electron chi connectivity index (χ2n) is 7.14. The van der Waals surface area contributed by atoms with Crippen molar-refractivity contribution in [2.24, 2.45) is 0 Å². The van der Waals surface area contributed by atoms with Gasteiger partial charge in [-0.25, -0.2) is 0 Å². The van der Waals surface area contributed by atoms with Crippen molar-refractivity contribution in [3.05, 3.63) is 64.6 Å². The number of hydrogen-bond acceptors (Lipinski definition) is 7. The first kappa shape index (κ1) is 27.6. The van der Waals surface area contributed by atoms with Crippen LogP contribution in [-0.2, 0) is 9.53 Å². The summed E-state index contributed by atoms with van der Waals surface area (Å²) in [6, 6.07) is 13.2. The highest BCUT2D eigenvalue weighted by Crippen LogP contribution is 2.34. The number of nitrogens with one attached hydrogen (secondary N) is 1. The molecule has 0 saturated carbocycles. The Morgan fingerprint density at radius 2 is 1.74 bits per heavy atom. The van der Waals surface area contributed by atoms with Crippen molar-refractivity contribution in [1.29, 1.82) is 0 Å². The number of alkyl halides is 3. The summed E-state index contributed by atoms with van der Waals surface area (Å²) >= 11 is 24.7. The van der Waals surface area contributed by atoms with Crippen LogP contribution in [0.1, 0.15) is 15.9 Å². The lowest BCUT2D eigenvalue weighted by molar-refractivity contribution is -0.122. The summed E-state index contributed by atoms with van der Waals surface area (Å²) < 4.78 is 14.4. The molecule has 0 unspecified atom stereocenters. The number of methoxy groups -OCH3 is 2. The third kappa shape index (κ3) is 7.49. The molecular weight excluding hydrogens is 555 g/mol. The first-order chi connectivity index (χ1) is 16.6. The van der Waals surface area contributed by atoms with Crippen LogP contribution < -0.4 is 14.8 Å². The number of benzene rings is 2. The summed E-state index contributed by atoms with van der Waals surface area (Å²) in [7, 11) is 3.09. The Labute approximate surface area is 227 Å². The van der Waals surface area contributed by atoms with Crippen LogP contribution in [0.2, 0.25) is 0 Å². The number of nitrogens with zero attached hydrogens (tertiary/aromatic N) is 1. The fraction of sp³-hybridized carbons (Fsp3) is 0.261. The fourth-order valence-corrected chi connectivity index (χ4v) is 4.53. The van der Waals surface area contributed by atoms with E-state index in [9.17, 15) is 9.59 Å². The normalized spacial score (nSPS) is 15.9. The highest BCUT2D eigenvalue weighted by molar-refractivity contribution is 8.26. The minimum Gasteiger partial charge on any atom is -0.497 e. The molecule has 0 spiro atoms. The Balaban J connectivity index is 1.69. The molecule has 1 aliphatic heterocycles. The molecule has 1 atom stereocenters. The zero-order chi connectivity index (χ0) is 25.6. The highest BCUT2D eigenvalue weighted by Gasteiger charge is 2.36. The summed E-state index contributed by atoms with van der Waals surface area (Å²) in [5.41, 5.74) is 1.09. The Morgan fingerprint density at radius 3 is 2.31 bits per heavy atom. The number of hydrogen-bond donors (Lipinski definition) is 1. The SMILES string of the molecule is COCCN1C(=O)/C(=C/c2ccc(O[C@@H](NC(=O)c3ccc(OC)cc3)C(Cl)(Cl)Cl)cc2)SC1=S. The van der Waals surface area contributed by atoms with Crippen LogP contribution in [-0.4, -0.2) is 58.4 Å². The number of halogens is 3. The maximum atomic E-state index is 12.6. The molecule has 3 rings (SSSR count). The van der Waals surface area contributed by atoms with Gasteiger partial charge in [-0.1, -0.05) is 70.9 Å². The van der Waals surface area contributed by atoms with Crippen LogP contribution in [0, 0.1) is 0 Å². The molecule has 1 heterocycles. The molecule has 2 aromatic carbocycles.